The first-order valence-corrected chi connectivity index (χ1v) is 7.69. The predicted molar refractivity (Wildman–Crippen MR) is 95.4 cm³/mol. The molecule has 0 aromatic heterocycles. The zero-order valence-corrected chi connectivity index (χ0v) is 13.3. The highest BCUT2D eigenvalue weighted by Crippen LogP contribution is 2.35. The van der Waals surface area contributed by atoms with Gasteiger partial charge in [-0.25, -0.2) is 0 Å². The van der Waals surface area contributed by atoms with Crippen LogP contribution in [-0.4, -0.2) is 5.54 Å². The smallest absolute Gasteiger partial charge is 0.0408 e. The van der Waals surface area contributed by atoms with Gasteiger partial charge in [-0.2, -0.15) is 0 Å². The van der Waals surface area contributed by atoms with Gasteiger partial charge in [0.2, 0.25) is 0 Å². The van der Waals surface area contributed by atoms with E-state index in [4.69, 9.17) is 0 Å². The predicted octanol–water partition coefficient (Wildman–Crippen LogP) is 5.95. The fraction of sp³-hybridized carbons (Fsp3) is 0.368. The van der Waals surface area contributed by atoms with Crippen molar-refractivity contribution in [3.05, 3.63) is 55.1 Å². The van der Waals surface area contributed by atoms with Gasteiger partial charge in [-0.15, -0.1) is 19.0 Å². The normalized spacial score (nSPS) is 17.0. The van der Waals surface area contributed by atoms with Crippen LogP contribution >= 0.6 is 12.4 Å². The molecule has 1 saturated carbocycles. The molecular formula is C19H24ClN. The van der Waals surface area contributed by atoms with Crippen LogP contribution in [0.2, 0.25) is 0 Å². The Labute approximate surface area is 133 Å². The van der Waals surface area contributed by atoms with Crippen molar-refractivity contribution in [2.45, 2.75) is 44.1 Å². The number of fused-ring (bicyclic) bond motifs is 1. The second-order valence-corrected chi connectivity index (χ2v) is 6.02. The van der Waals surface area contributed by atoms with Crippen LogP contribution in [0.15, 0.2) is 55.1 Å². The molecule has 112 valence electrons. The first-order chi connectivity index (χ1) is 9.81. The second-order valence-electron chi connectivity index (χ2n) is 6.02. The molecule has 1 N–H and O–H groups in total. The van der Waals surface area contributed by atoms with E-state index in [1.54, 1.807) is 0 Å². The van der Waals surface area contributed by atoms with Crippen LogP contribution in [0.4, 0.5) is 5.69 Å². The van der Waals surface area contributed by atoms with Gasteiger partial charge in [-0.05, 0) is 42.2 Å². The van der Waals surface area contributed by atoms with Crippen LogP contribution in [0, 0.1) is 0 Å². The highest BCUT2D eigenvalue weighted by Gasteiger charge is 2.30. The summed E-state index contributed by atoms with van der Waals surface area (Å²) in [5.41, 5.74) is 1.47. The summed E-state index contributed by atoms with van der Waals surface area (Å²) in [4.78, 5) is 0. The molecule has 1 aliphatic carbocycles. The van der Waals surface area contributed by atoms with Gasteiger partial charge in [-0.1, -0.05) is 55.7 Å². The first-order valence-electron chi connectivity index (χ1n) is 7.69. The van der Waals surface area contributed by atoms with Crippen LogP contribution in [0.5, 0.6) is 0 Å². The molecule has 2 aromatic rings. The highest BCUT2D eigenvalue weighted by molar-refractivity contribution is 5.86. The van der Waals surface area contributed by atoms with Gasteiger partial charge in [0.05, 0.1) is 0 Å². The first kappa shape index (κ1) is 15.9. The number of anilines is 1. The minimum absolute atomic E-state index is 0. The van der Waals surface area contributed by atoms with Crippen molar-refractivity contribution in [3.63, 3.8) is 0 Å². The molecule has 1 aliphatic rings. The summed E-state index contributed by atoms with van der Waals surface area (Å²) in [7, 11) is 0. The molecule has 0 bridgehead atoms. The molecule has 21 heavy (non-hydrogen) atoms. The molecule has 0 spiro atoms. The highest BCUT2D eigenvalue weighted by atomic mass is 35.5. The largest absolute Gasteiger partial charge is 0.379 e. The molecule has 0 aliphatic heterocycles. The third-order valence-corrected chi connectivity index (χ3v) is 4.50. The summed E-state index contributed by atoms with van der Waals surface area (Å²) >= 11 is 0. The van der Waals surface area contributed by atoms with Crippen molar-refractivity contribution in [2.75, 3.05) is 5.32 Å². The lowest BCUT2D eigenvalue weighted by Gasteiger charge is -2.38. The summed E-state index contributed by atoms with van der Waals surface area (Å²) < 4.78 is 0. The van der Waals surface area contributed by atoms with Crippen LogP contribution in [0.1, 0.15) is 38.5 Å². The minimum atomic E-state index is 0. The van der Waals surface area contributed by atoms with Crippen molar-refractivity contribution >= 4 is 28.9 Å². The van der Waals surface area contributed by atoms with E-state index in [-0.39, 0.29) is 17.9 Å². The lowest BCUT2D eigenvalue weighted by atomic mass is 9.79. The number of nitrogens with one attached hydrogen (secondary N) is 1. The third-order valence-electron chi connectivity index (χ3n) is 4.50. The van der Waals surface area contributed by atoms with E-state index in [1.165, 1.54) is 48.6 Å². The maximum atomic E-state index is 3.95. The van der Waals surface area contributed by atoms with Crippen molar-refractivity contribution < 1.29 is 0 Å². The maximum absolute atomic E-state index is 3.95. The van der Waals surface area contributed by atoms with E-state index in [0.29, 0.717) is 0 Å². The molecule has 0 heterocycles. The Bertz CT molecular complexity index is 599. The molecule has 0 amide bonds. The molecular weight excluding hydrogens is 278 g/mol. The standard InChI is InChI=1S/C19H23N.ClH/c1-2-12-19(13-6-3-7-14-19)20-18-11-10-16-8-4-5-9-17(16)15-18;/h2,4-5,8-11,15,20H,1,3,6-7,12-14H2;1H. The number of halogens is 1. The van der Waals surface area contributed by atoms with E-state index in [2.05, 4.69) is 60.4 Å². The van der Waals surface area contributed by atoms with Gasteiger partial charge >= 0.3 is 0 Å². The second kappa shape index (κ2) is 7.00. The van der Waals surface area contributed by atoms with Gasteiger partial charge < -0.3 is 5.32 Å². The van der Waals surface area contributed by atoms with Crippen molar-refractivity contribution in [3.8, 4) is 0 Å². The summed E-state index contributed by atoms with van der Waals surface area (Å²) in [5, 5.41) is 6.43. The Morgan fingerprint density at radius 2 is 1.71 bits per heavy atom. The summed E-state index contributed by atoms with van der Waals surface area (Å²) in [5.74, 6) is 0. The number of benzene rings is 2. The summed E-state index contributed by atoms with van der Waals surface area (Å²) in [6.45, 7) is 3.95. The Hall–Kier alpha value is -1.47. The van der Waals surface area contributed by atoms with E-state index < -0.39 is 0 Å². The Balaban J connectivity index is 0.00000161. The lowest BCUT2D eigenvalue weighted by molar-refractivity contribution is 0.326. The number of hydrogen-bond donors (Lipinski definition) is 1. The van der Waals surface area contributed by atoms with Crippen LogP contribution in [-0.2, 0) is 0 Å². The van der Waals surface area contributed by atoms with Crippen molar-refractivity contribution in [1.29, 1.82) is 0 Å². The topological polar surface area (TPSA) is 12.0 Å². The maximum Gasteiger partial charge on any atom is 0.0408 e. The number of hydrogen-bond acceptors (Lipinski definition) is 1. The minimum Gasteiger partial charge on any atom is -0.379 e. The molecule has 0 saturated heterocycles. The molecule has 2 heteroatoms. The third kappa shape index (κ3) is 3.59. The van der Waals surface area contributed by atoms with Crippen LogP contribution in [0.25, 0.3) is 10.8 Å². The average molecular weight is 302 g/mol. The molecule has 1 fully saturated rings. The molecule has 2 aromatic carbocycles. The monoisotopic (exact) mass is 301 g/mol. The van der Waals surface area contributed by atoms with E-state index in [9.17, 15) is 0 Å². The van der Waals surface area contributed by atoms with E-state index in [0.717, 1.165) is 6.42 Å². The molecule has 1 nitrogen and oxygen atoms in total. The van der Waals surface area contributed by atoms with Gasteiger partial charge in [0.25, 0.3) is 0 Å². The van der Waals surface area contributed by atoms with Crippen LogP contribution < -0.4 is 5.32 Å². The van der Waals surface area contributed by atoms with Gasteiger partial charge in [0.15, 0.2) is 0 Å². The van der Waals surface area contributed by atoms with Gasteiger partial charge in [0.1, 0.15) is 0 Å². The Morgan fingerprint density at radius 3 is 2.43 bits per heavy atom. The fourth-order valence-corrected chi connectivity index (χ4v) is 3.46. The molecule has 3 rings (SSSR count). The van der Waals surface area contributed by atoms with Gasteiger partial charge in [-0.3, -0.25) is 0 Å². The van der Waals surface area contributed by atoms with E-state index >= 15 is 0 Å². The Kier molecular flexibility index (Phi) is 5.30. The van der Waals surface area contributed by atoms with Crippen LogP contribution in [0.3, 0.4) is 0 Å². The van der Waals surface area contributed by atoms with Crippen molar-refractivity contribution in [1.82, 2.24) is 0 Å². The molecule has 0 radical (unpaired) electrons. The summed E-state index contributed by atoms with van der Waals surface area (Å²) in [6.07, 6.45) is 9.66. The quantitative estimate of drug-likeness (QED) is 0.688. The average Bonchev–Trinajstić information content (AvgIpc) is 2.48. The fourth-order valence-electron chi connectivity index (χ4n) is 3.46. The Morgan fingerprint density at radius 1 is 1.00 bits per heavy atom. The SMILES string of the molecule is C=CCC1(Nc2ccc3ccccc3c2)CCCCC1.Cl. The lowest BCUT2D eigenvalue weighted by Crippen LogP contribution is -2.39. The molecule has 0 atom stereocenters. The number of rotatable bonds is 4. The van der Waals surface area contributed by atoms with Crippen molar-refractivity contribution in [2.24, 2.45) is 0 Å². The van der Waals surface area contributed by atoms with Gasteiger partial charge in [0, 0.05) is 11.2 Å². The zero-order valence-electron chi connectivity index (χ0n) is 12.5. The molecule has 0 unspecified atom stereocenters. The zero-order chi connectivity index (χ0) is 13.8. The summed E-state index contributed by atoms with van der Waals surface area (Å²) in [6, 6.07) is 15.2. The van der Waals surface area contributed by atoms with E-state index in [1.807, 2.05) is 0 Å².